The molecule has 3 amide bonds. The highest BCUT2D eigenvalue weighted by molar-refractivity contribution is 5.95. The van der Waals surface area contributed by atoms with Gasteiger partial charge >= 0.3 is 0 Å². The van der Waals surface area contributed by atoms with Crippen molar-refractivity contribution in [1.82, 2.24) is 10.4 Å². The zero-order valence-electron chi connectivity index (χ0n) is 22.5. The smallest absolute Gasteiger partial charge is 0.243 e. The maximum absolute atomic E-state index is 13.3. The topological polar surface area (TPSA) is 108 Å². The van der Waals surface area contributed by atoms with Crippen LogP contribution in [0.25, 0.3) is 0 Å². The van der Waals surface area contributed by atoms with Crippen LogP contribution in [0.3, 0.4) is 0 Å². The third-order valence-corrected chi connectivity index (χ3v) is 6.41. The van der Waals surface area contributed by atoms with Crippen LogP contribution in [0.1, 0.15) is 63.5 Å². The van der Waals surface area contributed by atoms with E-state index in [1.54, 1.807) is 35.7 Å². The zero-order valence-corrected chi connectivity index (χ0v) is 22.5. The molecule has 0 bridgehead atoms. The van der Waals surface area contributed by atoms with E-state index in [0.29, 0.717) is 49.7 Å². The van der Waals surface area contributed by atoms with Crippen molar-refractivity contribution in [3.05, 3.63) is 53.6 Å². The second-order valence-corrected chi connectivity index (χ2v) is 8.73. The summed E-state index contributed by atoms with van der Waals surface area (Å²) in [5.41, 5.74) is 4.03. The summed E-state index contributed by atoms with van der Waals surface area (Å²) in [5.74, 6) is 0.343. The molecule has 1 unspecified atom stereocenters. The Labute approximate surface area is 219 Å². The molecule has 0 saturated heterocycles. The van der Waals surface area contributed by atoms with Gasteiger partial charge in [-0.05, 0) is 56.9 Å². The monoisotopic (exact) mass is 513 g/mol. The van der Waals surface area contributed by atoms with Gasteiger partial charge in [0.2, 0.25) is 17.7 Å². The van der Waals surface area contributed by atoms with E-state index in [9.17, 15) is 14.4 Å². The fourth-order valence-corrected chi connectivity index (χ4v) is 4.11. The Kier molecular flexibility index (Phi) is 11.9. The summed E-state index contributed by atoms with van der Waals surface area (Å²) in [6.07, 6.45) is 1.33. The first-order valence-corrected chi connectivity index (χ1v) is 12.6. The van der Waals surface area contributed by atoms with Crippen molar-refractivity contribution in [2.24, 2.45) is 0 Å². The Bertz CT molecular complexity index is 1040. The standard InChI is InChI=1S/C28H39N3O6/c1-6-30(7-2)28(34)20(3)22-14-12-21(13-15-22)19-31(27(33)11-9-8-10-26(32)29-35)24-17-16-23(36-4)18-25(24)37-5/h12-18,20,35H,6-11,19H2,1-5H3,(H,29,32). The Morgan fingerprint density at radius 3 is 2.16 bits per heavy atom. The SMILES string of the molecule is CCN(CC)C(=O)C(C)c1ccc(CN(C(=O)CCCCC(=O)NO)c2ccc(OC)cc2OC)cc1. The van der Waals surface area contributed by atoms with Crippen molar-refractivity contribution in [3.8, 4) is 11.5 Å². The molecule has 0 aliphatic heterocycles. The molecule has 0 aliphatic rings. The van der Waals surface area contributed by atoms with Crippen molar-refractivity contribution in [3.63, 3.8) is 0 Å². The van der Waals surface area contributed by atoms with Gasteiger partial charge in [-0.1, -0.05) is 24.3 Å². The number of carbonyl (C=O) groups is 3. The molecule has 0 heterocycles. The molecular weight excluding hydrogens is 474 g/mol. The minimum absolute atomic E-state index is 0.0902. The number of ether oxygens (including phenoxy) is 2. The van der Waals surface area contributed by atoms with Crippen LogP contribution in [0, 0.1) is 0 Å². The summed E-state index contributed by atoms with van der Waals surface area (Å²) in [7, 11) is 3.10. The number of anilines is 1. The number of nitrogens with zero attached hydrogens (tertiary/aromatic N) is 2. The number of hydrogen-bond acceptors (Lipinski definition) is 6. The van der Waals surface area contributed by atoms with E-state index in [4.69, 9.17) is 14.7 Å². The first-order chi connectivity index (χ1) is 17.8. The molecule has 0 aromatic heterocycles. The fraction of sp³-hybridized carbons (Fsp3) is 0.464. The highest BCUT2D eigenvalue weighted by Gasteiger charge is 2.22. The largest absolute Gasteiger partial charge is 0.497 e. The van der Waals surface area contributed by atoms with Crippen molar-refractivity contribution in [1.29, 1.82) is 0 Å². The van der Waals surface area contributed by atoms with Crippen molar-refractivity contribution >= 4 is 23.4 Å². The van der Waals surface area contributed by atoms with Gasteiger partial charge < -0.3 is 19.3 Å². The lowest BCUT2D eigenvalue weighted by Gasteiger charge is -2.26. The zero-order chi connectivity index (χ0) is 27.4. The molecule has 2 aromatic carbocycles. The lowest BCUT2D eigenvalue weighted by molar-refractivity contribution is -0.132. The molecule has 9 nitrogen and oxygen atoms in total. The number of likely N-dealkylation sites (N-methyl/N-ethyl adjacent to an activating group) is 1. The molecular formula is C28H39N3O6. The number of hydrogen-bond donors (Lipinski definition) is 2. The van der Waals surface area contributed by atoms with Crippen molar-refractivity contribution < 1.29 is 29.1 Å². The maximum Gasteiger partial charge on any atom is 0.243 e. The Morgan fingerprint density at radius 1 is 0.946 bits per heavy atom. The molecule has 2 aromatic rings. The first kappa shape index (κ1) is 29.6. The quantitative estimate of drug-likeness (QED) is 0.222. The number of benzene rings is 2. The molecule has 0 aliphatic carbocycles. The van der Waals surface area contributed by atoms with Gasteiger partial charge in [-0.2, -0.15) is 0 Å². The van der Waals surface area contributed by atoms with Crippen LogP contribution in [-0.2, 0) is 20.9 Å². The lowest BCUT2D eigenvalue weighted by atomic mass is 9.98. The van der Waals surface area contributed by atoms with Crippen LogP contribution >= 0.6 is 0 Å². The number of unbranched alkanes of at least 4 members (excludes halogenated alkanes) is 1. The summed E-state index contributed by atoms with van der Waals surface area (Å²) in [4.78, 5) is 40.8. The predicted molar refractivity (Wildman–Crippen MR) is 142 cm³/mol. The Balaban J connectivity index is 2.26. The highest BCUT2D eigenvalue weighted by atomic mass is 16.5. The van der Waals surface area contributed by atoms with Crippen LogP contribution in [0.4, 0.5) is 5.69 Å². The van der Waals surface area contributed by atoms with Gasteiger partial charge in [-0.25, -0.2) is 5.48 Å². The van der Waals surface area contributed by atoms with Crippen LogP contribution in [-0.4, -0.2) is 55.1 Å². The van der Waals surface area contributed by atoms with Crippen LogP contribution in [0.15, 0.2) is 42.5 Å². The normalized spacial score (nSPS) is 11.4. The van der Waals surface area contributed by atoms with Gasteiger partial charge in [-0.3, -0.25) is 19.6 Å². The average molecular weight is 514 g/mol. The summed E-state index contributed by atoms with van der Waals surface area (Å²) >= 11 is 0. The van der Waals surface area contributed by atoms with Crippen LogP contribution in [0.2, 0.25) is 0 Å². The van der Waals surface area contributed by atoms with E-state index in [2.05, 4.69) is 0 Å². The summed E-state index contributed by atoms with van der Waals surface area (Å²) in [6.45, 7) is 7.49. The molecule has 1 atom stereocenters. The molecule has 2 rings (SSSR count). The van der Waals surface area contributed by atoms with Gasteiger partial charge in [0.15, 0.2) is 0 Å². The van der Waals surface area contributed by atoms with Crippen LogP contribution in [0.5, 0.6) is 11.5 Å². The van der Waals surface area contributed by atoms with Gasteiger partial charge in [-0.15, -0.1) is 0 Å². The molecule has 0 spiro atoms. The second kappa shape index (κ2) is 14.8. The Hall–Kier alpha value is -3.59. The van der Waals surface area contributed by atoms with Gasteiger partial charge in [0, 0.05) is 32.0 Å². The van der Waals surface area contributed by atoms with E-state index in [1.807, 2.05) is 49.9 Å². The molecule has 202 valence electrons. The van der Waals surface area contributed by atoms with E-state index in [0.717, 1.165) is 11.1 Å². The van der Waals surface area contributed by atoms with Crippen molar-refractivity contribution in [2.45, 2.75) is 58.9 Å². The summed E-state index contributed by atoms with van der Waals surface area (Å²) in [5, 5.41) is 8.66. The molecule has 0 saturated carbocycles. The highest BCUT2D eigenvalue weighted by Crippen LogP contribution is 2.34. The van der Waals surface area contributed by atoms with Crippen LogP contribution < -0.4 is 19.9 Å². The van der Waals surface area contributed by atoms with E-state index < -0.39 is 5.91 Å². The van der Waals surface area contributed by atoms with Gasteiger partial charge in [0.25, 0.3) is 0 Å². The number of methoxy groups -OCH3 is 2. The summed E-state index contributed by atoms with van der Waals surface area (Å²) in [6, 6.07) is 13.0. The minimum Gasteiger partial charge on any atom is -0.497 e. The number of rotatable bonds is 14. The fourth-order valence-electron chi connectivity index (χ4n) is 4.11. The molecule has 2 N–H and O–H groups in total. The van der Waals surface area contributed by atoms with Crippen molar-refractivity contribution in [2.75, 3.05) is 32.2 Å². The van der Waals surface area contributed by atoms with E-state index in [1.165, 1.54) is 7.11 Å². The summed E-state index contributed by atoms with van der Waals surface area (Å²) < 4.78 is 10.8. The molecule has 0 fully saturated rings. The minimum atomic E-state index is -0.477. The van der Waals surface area contributed by atoms with E-state index in [-0.39, 0.29) is 30.6 Å². The third kappa shape index (κ3) is 8.21. The van der Waals surface area contributed by atoms with Gasteiger partial charge in [0.1, 0.15) is 11.5 Å². The number of carbonyl (C=O) groups excluding carboxylic acids is 3. The lowest BCUT2D eigenvalue weighted by Crippen LogP contribution is -2.33. The number of amides is 3. The number of nitrogens with one attached hydrogen (secondary N) is 1. The number of hydroxylamine groups is 1. The maximum atomic E-state index is 13.3. The van der Waals surface area contributed by atoms with E-state index >= 15 is 0 Å². The third-order valence-electron chi connectivity index (χ3n) is 6.41. The average Bonchev–Trinajstić information content (AvgIpc) is 2.93. The second-order valence-electron chi connectivity index (χ2n) is 8.73. The predicted octanol–water partition coefficient (Wildman–Crippen LogP) is 4.27. The molecule has 9 heteroatoms. The van der Waals surface area contributed by atoms with Gasteiger partial charge in [0.05, 0.1) is 32.4 Å². The first-order valence-electron chi connectivity index (χ1n) is 12.6. The Morgan fingerprint density at radius 2 is 1.59 bits per heavy atom. The molecule has 0 radical (unpaired) electrons. The molecule has 37 heavy (non-hydrogen) atoms.